The van der Waals surface area contributed by atoms with Crippen LogP contribution in [0.2, 0.25) is 10.0 Å². The number of carbonyl (C=O) groups is 1. The topological polar surface area (TPSA) is 70.4 Å². The van der Waals surface area contributed by atoms with Gasteiger partial charge in [0.15, 0.2) is 0 Å². The van der Waals surface area contributed by atoms with Gasteiger partial charge in [0.2, 0.25) is 0 Å². The van der Waals surface area contributed by atoms with E-state index in [0.29, 0.717) is 9.92 Å². The van der Waals surface area contributed by atoms with Crippen molar-refractivity contribution in [1.29, 1.82) is 5.26 Å². The van der Waals surface area contributed by atoms with E-state index >= 15 is 0 Å². The van der Waals surface area contributed by atoms with E-state index in [1.807, 2.05) is 0 Å². The van der Waals surface area contributed by atoms with Crippen molar-refractivity contribution in [2.45, 2.75) is 4.90 Å². The molecule has 0 radical (unpaired) electrons. The summed E-state index contributed by atoms with van der Waals surface area (Å²) in [6, 6.07) is 10.3. The molecule has 9 heteroatoms. The molecule has 5 nitrogen and oxygen atoms in total. The van der Waals surface area contributed by atoms with Gasteiger partial charge in [0.1, 0.15) is 41.5 Å². The average molecular weight is 427 g/mol. The zero-order valence-corrected chi connectivity index (χ0v) is 16.2. The van der Waals surface area contributed by atoms with Gasteiger partial charge in [-0.2, -0.15) is 5.26 Å². The lowest BCUT2D eigenvalue weighted by Gasteiger charge is -2.44. The Balaban J connectivity index is 1.64. The predicted octanol–water partition coefficient (Wildman–Crippen LogP) is 3.61. The van der Waals surface area contributed by atoms with Crippen molar-refractivity contribution in [1.82, 2.24) is 4.31 Å². The number of nitrogens with zero attached hydrogens (tertiary/aromatic N) is 2. The van der Waals surface area contributed by atoms with Crippen LogP contribution in [0, 0.1) is 22.6 Å². The highest BCUT2D eigenvalue weighted by Crippen LogP contribution is 2.34. The number of halogens is 3. The van der Waals surface area contributed by atoms with Crippen LogP contribution in [-0.2, 0) is 15.8 Å². The molecule has 0 bridgehead atoms. The summed E-state index contributed by atoms with van der Waals surface area (Å²) in [5, 5.41) is 9.46. The number of ether oxygens (including phenoxy) is 1. The SMILES string of the molecule is N#Cc1ccc(OCC2(C=O)CN(S(=O)c3ccc(Cl)cc3Cl)C2)cc1F. The number of carbonyl (C=O) groups excluding carboxylic acids is 1. The smallest absolute Gasteiger partial charge is 0.144 e. The molecule has 0 N–H and O–H groups in total. The van der Waals surface area contributed by atoms with Crippen molar-refractivity contribution in [3.63, 3.8) is 0 Å². The lowest BCUT2D eigenvalue weighted by atomic mass is 9.84. The molecule has 1 atom stereocenters. The van der Waals surface area contributed by atoms with Crippen LogP contribution in [0.15, 0.2) is 41.3 Å². The van der Waals surface area contributed by atoms with E-state index in [2.05, 4.69) is 0 Å². The first-order valence-electron chi connectivity index (χ1n) is 7.78. The number of nitriles is 1. The molecular formula is C18H13Cl2FN2O3S. The predicted molar refractivity (Wildman–Crippen MR) is 99.6 cm³/mol. The minimum Gasteiger partial charge on any atom is -0.492 e. The van der Waals surface area contributed by atoms with Gasteiger partial charge in [-0.05, 0) is 30.3 Å². The van der Waals surface area contributed by atoms with Crippen molar-refractivity contribution in [3.8, 4) is 11.8 Å². The molecule has 0 spiro atoms. The number of hydrogen-bond acceptors (Lipinski definition) is 4. The molecule has 1 fully saturated rings. The maximum atomic E-state index is 13.6. The third-order valence-corrected chi connectivity index (χ3v) is 6.26. The fraction of sp³-hybridized carbons (Fsp3) is 0.222. The van der Waals surface area contributed by atoms with Gasteiger partial charge in [-0.25, -0.2) is 12.9 Å². The van der Waals surface area contributed by atoms with Gasteiger partial charge >= 0.3 is 0 Å². The number of aldehydes is 1. The van der Waals surface area contributed by atoms with Crippen molar-refractivity contribution >= 4 is 40.5 Å². The quantitative estimate of drug-likeness (QED) is 0.661. The van der Waals surface area contributed by atoms with E-state index in [0.717, 1.165) is 12.4 Å². The van der Waals surface area contributed by atoms with Crippen LogP contribution in [0.1, 0.15) is 5.56 Å². The molecule has 27 heavy (non-hydrogen) atoms. The second kappa shape index (κ2) is 7.95. The zero-order chi connectivity index (χ0) is 19.6. The zero-order valence-electron chi connectivity index (χ0n) is 13.8. The molecular weight excluding hydrogens is 414 g/mol. The standard InChI is InChI=1S/C18H13Cl2FN2O3S/c19-13-2-4-17(15(20)5-13)27(25)23-8-18(9-23,10-24)11-26-14-3-1-12(7-22)16(21)6-14/h1-6,10H,8-9,11H2. The molecule has 140 valence electrons. The Morgan fingerprint density at radius 2 is 2.04 bits per heavy atom. The highest BCUT2D eigenvalue weighted by atomic mass is 35.5. The second-order valence-corrected chi connectivity index (χ2v) is 8.44. The van der Waals surface area contributed by atoms with E-state index in [1.54, 1.807) is 22.5 Å². The van der Waals surface area contributed by atoms with Gasteiger partial charge in [-0.1, -0.05) is 23.2 Å². The number of rotatable bonds is 6. The first kappa shape index (κ1) is 19.8. The van der Waals surface area contributed by atoms with Crippen molar-refractivity contribution < 1.29 is 18.1 Å². The van der Waals surface area contributed by atoms with E-state index in [9.17, 15) is 13.4 Å². The molecule has 1 aliphatic rings. The summed E-state index contributed by atoms with van der Waals surface area (Å²) in [5.41, 5.74) is -0.934. The third kappa shape index (κ3) is 4.14. The maximum absolute atomic E-state index is 13.6. The Kier molecular flexibility index (Phi) is 5.82. The molecule has 3 rings (SSSR count). The first-order chi connectivity index (χ1) is 12.9. The maximum Gasteiger partial charge on any atom is 0.144 e. The summed E-state index contributed by atoms with van der Waals surface area (Å²) in [6.07, 6.45) is 0.754. The van der Waals surface area contributed by atoms with Crippen LogP contribution in [0.3, 0.4) is 0 Å². The molecule has 0 aromatic heterocycles. The van der Waals surface area contributed by atoms with Crippen molar-refractivity contribution in [2.24, 2.45) is 5.41 Å². The number of benzene rings is 2. The lowest BCUT2D eigenvalue weighted by molar-refractivity contribution is -0.124. The summed E-state index contributed by atoms with van der Waals surface area (Å²) >= 11 is 11.9. The van der Waals surface area contributed by atoms with Gasteiger partial charge in [-0.3, -0.25) is 0 Å². The molecule has 1 saturated heterocycles. The normalized spacial score (nSPS) is 16.8. The first-order valence-corrected chi connectivity index (χ1v) is 9.64. The fourth-order valence-electron chi connectivity index (χ4n) is 2.63. The highest BCUT2D eigenvalue weighted by Gasteiger charge is 2.47. The number of hydrogen-bond donors (Lipinski definition) is 0. The van der Waals surface area contributed by atoms with Crippen LogP contribution in [-0.4, -0.2) is 34.5 Å². The summed E-state index contributed by atoms with van der Waals surface area (Å²) in [6.45, 7) is 0.422. The van der Waals surface area contributed by atoms with E-state index in [-0.39, 0.29) is 36.0 Å². The van der Waals surface area contributed by atoms with Crippen LogP contribution in [0.4, 0.5) is 4.39 Å². The van der Waals surface area contributed by atoms with Gasteiger partial charge in [-0.15, -0.1) is 0 Å². The van der Waals surface area contributed by atoms with Crippen molar-refractivity contribution in [2.75, 3.05) is 19.7 Å². The molecule has 1 heterocycles. The minimum atomic E-state index is -1.53. The second-order valence-electron chi connectivity index (χ2n) is 6.14. The highest BCUT2D eigenvalue weighted by molar-refractivity contribution is 7.82. The van der Waals surface area contributed by atoms with Crippen LogP contribution >= 0.6 is 23.2 Å². The minimum absolute atomic E-state index is 0.00386. The summed E-state index contributed by atoms with van der Waals surface area (Å²) in [5.74, 6) is -0.475. The Morgan fingerprint density at radius 1 is 1.30 bits per heavy atom. The molecule has 1 aliphatic heterocycles. The largest absolute Gasteiger partial charge is 0.492 e. The Bertz CT molecular complexity index is 958. The summed E-state index contributed by atoms with van der Waals surface area (Å²) in [4.78, 5) is 12.0. The van der Waals surface area contributed by atoms with Crippen LogP contribution in [0.5, 0.6) is 5.75 Å². The van der Waals surface area contributed by atoms with Crippen LogP contribution < -0.4 is 4.74 Å². The van der Waals surface area contributed by atoms with Gasteiger partial charge < -0.3 is 9.53 Å². The van der Waals surface area contributed by atoms with E-state index in [4.69, 9.17) is 33.2 Å². The van der Waals surface area contributed by atoms with E-state index < -0.39 is 22.2 Å². The molecule has 0 aliphatic carbocycles. The molecule has 0 amide bonds. The summed E-state index contributed by atoms with van der Waals surface area (Å²) < 4.78 is 33.3. The lowest BCUT2D eigenvalue weighted by Crippen LogP contribution is -2.60. The van der Waals surface area contributed by atoms with Crippen LogP contribution in [0.25, 0.3) is 0 Å². The van der Waals surface area contributed by atoms with E-state index in [1.165, 1.54) is 18.2 Å². The van der Waals surface area contributed by atoms with Gasteiger partial charge in [0.25, 0.3) is 0 Å². The Hall–Kier alpha value is -1.98. The average Bonchev–Trinajstić information content (AvgIpc) is 2.61. The van der Waals surface area contributed by atoms with Gasteiger partial charge in [0.05, 0.1) is 20.9 Å². The molecule has 2 aromatic rings. The third-order valence-electron chi connectivity index (χ3n) is 4.14. The molecule has 0 saturated carbocycles. The summed E-state index contributed by atoms with van der Waals surface area (Å²) in [7, 11) is -1.53. The van der Waals surface area contributed by atoms with Gasteiger partial charge in [0, 0.05) is 24.2 Å². The molecule has 2 aromatic carbocycles. The van der Waals surface area contributed by atoms with Crippen molar-refractivity contribution in [3.05, 3.63) is 57.8 Å². The Labute approximate surface area is 167 Å². The monoisotopic (exact) mass is 426 g/mol. The fourth-order valence-corrected chi connectivity index (χ4v) is 4.68. The molecule has 1 unspecified atom stereocenters. The Morgan fingerprint density at radius 3 is 2.63 bits per heavy atom.